The third-order valence-electron chi connectivity index (χ3n) is 4.04. The molecule has 8 nitrogen and oxygen atoms in total. The van der Waals surface area contributed by atoms with Crippen molar-refractivity contribution in [3.05, 3.63) is 16.7 Å². The number of halogens is 1. The lowest BCUT2D eigenvalue weighted by molar-refractivity contribution is -0.0174. The molecule has 0 aliphatic carbocycles. The number of nitrogens with zero attached hydrogens (tertiary/aromatic N) is 3. The summed E-state index contributed by atoms with van der Waals surface area (Å²) < 4.78 is 7.67. The Morgan fingerprint density at radius 2 is 2.29 bits per heavy atom. The van der Waals surface area contributed by atoms with Crippen LogP contribution in [0.25, 0.3) is 11.2 Å². The van der Waals surface area contributed by atoms with Crippen LogP contribution in [0, 0.1) is 0 Å². The topological polar surface area (TPSA) is 119 Å². The second-order valence-corrected chi connectivity index (χ2v) is 12.1. The van der Waals surface area contributed by atoms with Crippen LogP contribution in [0.5, 0.6) is 0 Å². The van der Waals surface area contributed by atoms with Crippen LogP contribution in [0.3, 0.4) is 0 Å². The van der Waals surface area contributed by atoms with Gasteiger partial charge in [-0.25, -0.2) is 4.98 Å². The van der Waals surface area contributed by atoms with Gasteiger partial charge in [0, 0.05) is 0 Å². The molecule has 4 atom stereocenters. The minimum Gasteiger partial charge on any atom is -0.389 e. The maximum absolute atomic E-state index is 11.9. The second-order valence-electron chi connectivity index (χ2n) is 6.72. The Hall–Kier alpha value is -1.15. The first-order valence-corrected chi connectivity index (χ1v) is 11.5. The van der Waals surface area contributed by atoms with Crippen LogP contribution in [-0.4, -0.2) is 67.5 Å². The summed E-state index contributed by atoms with van der Waals surface area (Å²) in [7, 11) is 0. The van der Waals surface area contributed by atoms with Crippen molar-refractivity contribution in [2.75, 3.05) is 25.2 Å². The van der Waals surface area contributed by atoms with E-state index in [1.165, 1.54) is 6.33 Å². The van der Waals surface area contributed by atoms with Gasteiger partial charge in [0.1, 0.15) is 0 Å². The van der Waals surface area contributed by atoms with Crippen molar-refractivity contribution >= 4 is 46.2 Å². The first-order chi connectivity index (χ1) is 11.2. The molecule has 1 saturated heterocycles. The second kappa shape index (κ2) is 6.29. The average Bonchev–Trinajstić information content (AvgIpc) is 3.00. The SMILES string of the molecule is C=P(C)(C)CCC1OC(n2cnc3c(=O)[nH]c(N)nc32)[C@H](Br)[C@@H]1O. The Morgan fingerprint density at radius 3 is 2.96 bits per heavy atom. The number of H-pyrrole nitrogens is 1. The molecule has 2 aromatic heterocycles. The molecule has 3 rings (SSSR count). The van der Waals surface area contributed by atoms with E-state index in [-0.39, 0.29) is 22.4 Å². The van der Waals surface area contributed by atoms with Gasteiger partial charge < -0.3 is 15.6 Å². The van der Waals surface area contributed by atoms with Crippen LogP contribution in [-0.2, 0) is 4.74 Å². The zero-order valence-corrected chi connectivity index (χ0v) is 16.0. The molecule has 0 aromatic carbocycles. The molecule has 3 heterocycles. The van der Waals surface area contributed by atoms with Crippen molar-refractivity contribution in [3.63, 3.8) is 0 Å². The quantitative estimate of drug-likeness (QED) is 0.500. The lowest BCUT2D eigenvalue weighted by Gasteiger charge is -2.18. The van der Waals surface area contributed by atoms with Crippen LogP contribution in [0.4, 0.5) is 5.95 Å². The first kappa shape index (κ1) is 17.7. The van der Waals surface area contributed by atoms with E-state index in [4.69, 9.17) is 10.5 Å². The van der Waals surface area contributed by atoms with Gasteiger partial charge in [-0.05, 0) is 25.9 Å². The van der Waals surface area contributed by atoms with Crippen molar-refractivity contribution in [2.45, 2.75) is 29.7 Å². The molecule has 0 bridgehead atoms. The molecule has 2 aromatic rings. The fraction of sp³-hybridized carbons (Fsp3) is 0.571. The zero-order chi connectivity index (χ0) is 17.6. The molecule has 1 aliphatic rings. The number of aliphatic hydroxyl groups is 1. The van der Waals surface area contributed by atoms with E-state index in [2.05, 4.69) is 50.5 Å². The Kier molecular flexibility index (Phi) is 4.63. The molecule has 4 N–H and O–H groups in total. The van der Waals surface area contributed by atoms with Gasteiger partial charge in [0.15, 0.2) is 17.4 Å². The number of ether oxygens (including phenoxy) is 1. The molecule has 1 fully saturated rings. The van der Waals surface area contributed by atoms with Crippen molar-refractivity contribution in [3.8, 4) is 0 Å². The van der Waals surface area contributed by atoms with E-state index in [0.29, 0.717) is 5.65 Å². The maximum atomic E-state index is 11.9. The van der Waals surface area contributed by atoms with Crippen LogP contribution < -0.4 is 11.3 Å². The Labute approximate surface area is 147 Å². The normalized spacial score (nSPS) is 27.8. The van der Waals surface area contributed by atoms with Gasteiger partial charge in [0.25, 0.3) is 5.56 Å². The van der Waals surface area contributed by atoms with Crippen LogP contribution in [0.1, 0.15) is 12.6 Å². The van der Waals surface area contributed by atoms with Gasteiger partial charge in [-0.3, -0.25) is 14.3 Å². The molecule has 0 radical (unpaired) electrons. The summed E-state index contributed by atoms with van der Waals surface area (Å²) in [5.41, 5.74) is 5.75. The number of alkyl halides is 1. The lowest BCUT2D eigenvalue weighted by atomic mass is 10.1. The molecular weight excluding hydrogens is 397 g/mol. The fourth-order valence-corrected chi connectivity index (χ4v) is 4.45. The number of hydrogen-bond acceptors (Lipinski definition) is 6. The number of imidazole rings is 1. The molecule has 24 heavy (non-hydrogen) atoms. The number of fused-ring (bicyclic) bond motifs is 1. The largest absolute Gasteiger partial charge is 0.389 e. The van der Waals surface area contributed by atoms with E-state index in [0.717, 1.165) is 12.6 Å². The summed E-state index contributed by atoms with van der Waals surface area (Å²) in [4.78, 5) is 22.2. The standard InChI is InChI=1S/C14H21BrN5O3P/c1-24(2,3)5-4-7-10(21)8(15)13(23-7)20-6-17-9-11(20)18-14(16)19-12(9)22/h6-8,10,13,21H,1,4-5H2,2-3H3,(H3,16,18,19,22)/t7?,8-,10-,13?/m1/s1. The van der Waals surface area contributed by atoms with Gasteiger partial charge in [0.2, 0.25) is 5.95 Å². The Morgan fingerprint density at radius 1 is 1.58 bits per heavy atom. The van der Waals surface area contributed by atoms with E-state index in [9.17, 15) is 9.90 Å². The number of aromatic nitrogens is 4. The maximum Gasteiger partial charge on any atom is 0.280 e. The Bertz CT molecular complexity index is 860. The minimum absolute atomic E-state index is 0.0130. The average molecular weight is 418 g/mol. The highest BCUT2D eigenvalue weighted by atomic mass is 79.9. The lowest BCUT2D eigenvalue weighted by Crippen LogP contribution is -2.28. The number of nitrogens with two attached hydrogens (primary N) is 1. The highest BCUT2D eigenvalue weighted by Gasteiger charge is 2.43. The van der Waals surface area contributed by atoms with Crippen molar-refractivity contribution in [1.29, 1.82) is 0 Å². The number of hydrogen-bond donors (Lipinski definition) is 3. The van der Waals surface area contributed by atoms with Gasteiger partial charge in [-0.15, -0.1) is 13.2 Å². The molecule has 0 amide bonds. The van der Waals surface area contributed by atoms with Crippen LogP contribution in [0.2, 0.25) is 0 Å². The third kappa shape index (κ3) is 3.31. The molecular formula is C14H21BrN5O3P. The van der Waals surface area contributed by atoms with Gasteiger partial charge in [-0.2, -0.15) is 4.98 Å². The van der Waals surface area contributed by atoms with Crippen LogP contribution in [0.15, 0.2) is 11.1 Å². The third-order valence-corrected chi connectivity index (χ3v) is 6.50. The smallest absolute Gasteiger partial charge is 0.280 e. The van der Waals surface area contributed by atoms with E-state index in [1.54, 1.807) is 4.57 Å². The summed E-state index contributed by atoms with van der Waals surface area (Å²) in [5, 5.41) is 10.5. The molecule has 0 spiro atoms. The highest BCUT2D eigenvalue weighted by Crippen LogP contribution is 2.41. The molecule has 10 heteroatoms. The molecule has 132 valence electrons. The predicted molar refractivity (Wildman–Crippen MR) is 101 cm³/mol. The fourth-order valence-electron chi connectivity index (χ4n) is 2.77. The number of aliphatic hydroxyl groups excluding tert-OH is 1. The molecule has 1 aliphatic heterocycles. The van der Waals surface area contributed by atoms with Crippen molar-refractivity contribution < 1.29 is 9.84 Å². The number of nitrogen functional groups attached to an aromatic ring is 1. The van der Waals surface area contributed by atoms with E-state index < -0.39 is 24.8 Å². The summed E-state index contributed by atoms with van der Waals surface area (Å²) in [5.74, 6) is 0.0130. The van der Waals surface area contributed by atoms with Crippen molar-refractivity contribution in [1.82, 2.24) is 19.5 Å². The predicted octanol–water partition coefficient (Wildman–Crippen LogP) is 0.823. The summed E-state index contributed by atoms with van der Waals surface area (Å²) in [6, 6.07) is 0. The van der Waals surface area contributed by atoms with Gasteiger partial charge >= 0.3 is 0 Å². The highest BCUT2D eigenvalue weighted by molar-refractivity contribution is 9.09. The molecule has 0 saturated carbocycles. The van der Waals surface area contributed by atoms with Crippen molar-refractivity contribution in [2.24, 2.45) is 0 Å². The monoisotopic (exact) mass is 417 g/mol. The number of nitrogens with one attached hydrogen (secondary N) is 1. The molecule has 2 unspecified atom stereocenters. The number of aromatic amines is 1. The number of anilines is 1. The summed E-state index contributed by atoms with van der Waals surface area (Å²) in [6.45, 7) is 3.11. The van der Waals surface area contributed by atoms with E-state index >= 15 is 0 Å². The summed E-state index contributed by atoms with van der Waals surface area (Å²) in [6.07, 6.45) is 5.84. The summed E-state index contributed by atoms with van der Waals surface area (Å²) >= 11 is 3.50. The minimum atomic E-state index is -1.20. The number of rotatable bonds is 4. The van der Waals surface area contributed by atoms with E-state index in [1.807, 2.05) is 0 Å². The zero-order valence-electron chi connectivity index (χ0n) is 13.5. The first-order valence-electron chi connectivity index (χ1n) is 7.54. The van der Waals surface area contributed by atoms with Gasteiger partial charge in [0.05, 0.1) is 23.4 Å². The van der Waals surface area contributed by atoms with Gasteiger partial charge in [-0.1, -0.05) is 15.9 Å². The van der Waals surface area contributed by atoms with Crippen LogP contribution >= 0.6 is 22.8 Å². The Balaban J connectivity index is 1.90.